The Morgan fingerprint density at radius 1 is 0.702 bits per heavy atom. The van der Waals surface area contributed by atoms with Crippen molar-refractivity contribution >= 4 is 72.8 Å². The van der Waals surface area contributed by atoms with Crippen LogP contribution in [0.2, 0.25) is 0 Å². The first-order chi connectivity index (χ1) is 23.1. The molecule has 6 heterocycles. The van der Waals surface area contributed by atoms with Crippen molar-refractivity contribution in [2.24, 2.45) is 0 Å². The first-order valence-electron chi connectivity index (χ1n) is 16.6. The van der Waals surface area contributed by atoms with Crippen LogP contribution in [0.15, 0.2) is 122 Å². The molecule has 5 aromatic carbocycles. The summed E-state index contributed by atoms with van der Waals surface area (Å²) in [5.74, 6) is 0. The van der Waals surface area contributed by atoms with E-state index in [1.54, 1.807) is 0 Å². The van der Waals surface area contributed by atoms with Crippen LogP contribution >= 0.6 is 7.69 Å². The van der Waals surface area contributed by atoms with E-state index in [0.29, 0.717) is 0 Å². The Morgan fingerprint density at radius 2 is 1.45 bits per heavy atom. The van der Waals surface area contributed by atoms with E-state index in [2.05, 4.69) is 155 Å². The topological polar surface area (TPSA) is 25.3 Å². The number of fused-ring (bicyclic) bond motifs is 13. The highest BCUT2D eigenvalue weighted by Crippen LogP contribution is 2.61. The third kappa shape index (κ3) is 2.99. The highest BCUT2D eigenvalue weighted by molar-refractivity contribution is 7.57. The molecule has 1 unspecified atom stereocenters. The summed E-state index contributed by atoms with van der Waals surface area (Å²) in [5.41, 5.74) is 11.2. The van der Waals surface area contributed by atoms with Gasteiger partial charge < -0.3 is 0 Å². The number of aromatic nitrogens is 4. The quantitative estimate of drug-likeness (QED) is 0.139. The van der Waals surface area contributed by atoms with Crippen LogP contribution in [0.3, 0.4) is 0 Å². The van der Waals surface area contributed by atoms with E-state index in [4.69, 9.17) is 4.98 Å². The molecule has 1 atom stereocenters. The average molecular weight is 623 g/mol. The summed E-state index contributed by atoms with van der Waals surface area (Å²) in [5, 5.41) is 10.6. The second-order valence-corrected chi connectivity index (χ2v) is 15.5. The third-order valence-corrected chi connectivity index (χ3v) is 13.5. The summed E-state index contributed by atoms with van der Waals surface area (Å²) in [4.78, 5) is 5.54. The van der Waals surface area contributed by atoms with E-state index in [1.165, 1.54) is 81.7 Å². The van der Waals surface area contributed by atoms with Gasteiger partial charge in [-0.1, -0.05) is 80.6 Å². The lowest BCUT2D eigenvalue weighted by Crippen LogP contribution is -2.34. The maximum Gasteiger partial charge on any atom is 0.233 e. The molecule has 0 N–H and O–H groups in total. The Bertz CT molecular complexity index is 2980. The minimum absolute atomic E-state index is 0.149. The standard InChI is InChI=1S/C42H31N4P/c1-4-44-23-10-9-20-33(44)29-17-11-19-31-39(29)47-40-32(42(31,2)3)21-22-34-35(40)37-30(18-12-24-45(37)47)41-43-36-27-15-7-5-13-25(27)26-14-6-8-16-28(26)38(36)46(34)41/h5-24H,4H2,1-3H3/q+2. The molecular formula is C42H31N4P+2. The van der Waals surface area contributed by atoms with Crippen LogP contribution in [0, 0.1) is 0 Å². The van der Waals surface area contributed by atoms with Crippen LogP contribution in [0.25, 0.3) is 81.7 Å². The fourth-order valence-corrected chi connectivity index (χ4v) is 12.2. The number of pyridine rings is 3. The highest BCUT2D eigenvalue weighted by Gasteiger charge is 2.43. The molecular weight excluding hydrogens is 591 g/mol. The van der Waals surface area contributed by atoms with Crippen LogP contribution in [-0.4, -0.2) is 9.38 Å². The number of nitrogens with zero attached hydrogens (tertiary/aromatic N) is 4. The summed E-state index contributed by atoms with van der Waals surface area (Å²) < 4.78 is 7.50. The molecule has 0 saturated heterocycles. The Hall–Kier alpha value is -5.31. The van der Waals surface area contributed by atoms with Crippen LogP contribution < -0.4 is 8.73 Å². The molecule has 10 aromatic rings. The van der Waals surface area contributed by atoms with Gasteiger partial charge in [-0.2, -0.15) is 8.73 Å². The van der Waals surface area contributed by atoms with Gasteiger partial charge >= 0.3 is 0 Å². The summed E-state index contributed by atoms with van der Waals surface area (Å²) in [6.07, 6.45) is 4.55. The van der Waals surface area contributed by atoms with E-state index in [0.717, 1.165) is 17.7 Å². The molecule has 0 radical (unpaired) electrons. The summed E-state index contributed by atoms with van der Waals surface area (Å²) in [6, 6.07) is 40.6. The van der Waals surface area contributed by atoms with Gasteiger partial charge in [0.2, 0.25) is 11.2 Å². The molecule has 1 aliphatic rings. The van der Waals surface area contributed by atoms with Gasteiger partial charge in [-0.15, -0.1) is 0 Å². The van der Waals surface area contributed by atoms with E-state index < -0.39 is 7.69 Å². The first kappa shape index (κ1) is 25.8. The smallest absolute Gasteiger partial charge is 0.233 e. The van der Waals surface area contributed by atoms with Crippen LogP contribution in [0.5, 0.6) is 0 Å². The summed E-state index contributed by atoms with van der Waals surface area (Å²) >= 11 is 0. The first-order valence-corrected chi connectivity index (χ1v) is 17.9. The predicted molar refractivity (Wildman–Crippen MR) is 195 cm³/mol. The second-order valence-electron chi connectivity index (χ2n) is 13.5. The van der Waals surface area contributed by atoms with Crippen molar-refractivity contribution in [2.75, 3.05) is 0 Å². The highest BCUT2D eigenvalue weighted by atomic mass is 31.1. The zero-order valence-corrected chi connectivity index (χ0v) is 27.4. The Labute approximate surface area is 272 Å². The molecule has 0 fully saturated rings. The monoisotopic (exact) mass is 622 g/mol. The van der Waals surface area contributed by atoms with Crippen molar-refractivity contribution in [3.8, 4) is 16.6 Å². The molecule has 11 rings (SSSR count). The maximum atomic E-state index is 5.54. The number of hydrogen-bond donors (Lipinski definition) is 0. The van der Waals surface area contributed by atoms with Crippen molar-refractivity contribution in [1.82, 2.24) is 9.38 Å². The van der Waals surface area contributed by atoms with E-state index in [-0.39, 0.29) is 5.41 Å². The zero-order valence-electron chi connectivity index (χ0n) is 26.5. The number of benzene rings is 5. The van der Waals surface area contributed by atoms with Gasteiger partial charge in [-0.3, -0.25) is 4.40 Å². The maximum absolute atomic E-state index is 5.54. The molecule has 4 nitrogen and oxygen atoms in total. The van der Waals surface area contributed by atoms with Gasteiger partial charge in [-0.05, 0) is 53.1 Å². The predicted octanol–water partition coefficient (Wildman–Crippen LogP) is 9.87. The van der Waals surface area contributed by atoms with Crippen LogP contribution in [0.1, 0.15) is 31.9 Å². The largest absolute Gasteiger partial charge is 0.291 e. The Kier molecular flexibility index (Phi) is 4.80. The lowest BCUT2D eigenvalue weighted by Gasteiger charge is -2.32. The van der Waals surface area contributed by atoms with Gasteiger partial charge in [-0.25, -0.2) is 4.98 Å². The molecule has 0 amide bonds. The molecule has 0 aliphatic carbocycles. The molecule has 222 valence electrons. The van der Waals surface area contributed by atoms with Crippen molar-refractivity contribution in [1.29, 1.82) is 0 Å². The van der Waals surface area contributed by atoms with Gasteiger partial charge in [0.15, 0.2) is 25.7 Å². The normalized spacial score (nSPS) is 14.5. The van der Waals surface area contributed by atoms with Gasteiger partial charge in [0.1, 0.15) is 6.54 Å². The summed E-state index contributed by atoms with van der Waals surface area (Å²) in [6.45, 7) is 8.02. The van der Waals surface area contributed by atoms with E-state index >= 15 is 0 Å². The van der Waals surface area contributed by atoms with E-state index in [9.17, 15) is 0 Å². The molecule has 0 spiro atoms. The van der Waals surface area contributed by atoms with Crippen LogP contribution in [-0.2, 0) is 12.0 Å². The number of imidazole rings is 1. The van der Waals surface area contributed by atoms with Gasteiger partial charge in [0, 0.05) is 34.4 Å². The average Bonchev–Trinajstić information content (AvgIpc) is 3.69. The summed E-state index contributed by atoms with van der Waals surface area (Å²) in [7, 11) is -0.865. The van der Waals surface area contributed by atoms with Crippen LogP contribution in [0.4, 0.5) is 0 Å². The van der Waals surface area contributed by atoms with Crippen molar-refractivity contribution < 1.29 is 8.73 Å². The third-order valence-electron chi connectivity index (χ3n) is 11.0. The van der Waals surface area contributed by atoms with Gasteiger partial charge in [0.05, 0.1) is 43.3 Å². The molecule has 0 saturated carbocycles. The lowest BCUT2D eigenvalue weighted by atomic mass is 9.76. The zero-order chi connectivity index (χ0) is 31.2. The molecule has 1 aliphatic heterocycles. The fourth-order valence-electron chi connectivity index (χ4n) is 8.89. The Balaban J connectivity index is 1.40. The Morgan fingerprint density at radius 3 is 2.28 bits per heavy atom. The van der Waals surface area contributed by atoms with Gasteiger partial charge in [0.25, 0.3) is 0 Å². The van der Waals surface area contributed by atoms with Crippen molar-refractivity contribution in [3.63, 3.8) is 0 Å². The number of rotatable bonds is 2. The minimum Gasteiger partial charge on any atom is -0.291 e. The lowest BCUT2D eigenvalue weighted by molar-refractivity contribution is -0.682. The molecule has 5 aromatic heterocycles. The fraction of sp³-hybridized carbons (Fsp3) is 0.119. The number of aryl methyl sites for hydroxylation is 1. The van der Waals surface area contributed by atoms with Crippen molar-refractivity contribution in [2.45, 2.75) is 32.7 Å². The molecule has 0 bridgehead atoms. The molecule has 5 heteroatoms. The van der Waals surface area contributed by atoms with Crippen molar-refractivity contribution in [3.05, 3.63) is 133 Å². The SMILES string of the molecule is CC[n+]1ccccc1-c1cccc2c1-p1c3c(ccc4c3c3c(ccc[n+]31)c1nc3c5ccccc5c5ccccc5c3n41)C2(C)C. The minimum atomic E-state index is -0.865. The number of hydrogen-bond acceptors (Lipinski definition) is 1. The van der Waals surface area contributed by atoms with E-state index in [1.807, 2.05) is 0 Å². The second kappa shape index (κ2) is 8.73. The molecule has 47 heavy (non-hydrogen) atoms.